The van der Waals surface area contributed by atoms with Crippen LogP contribution in [0.5, 0.6) is 11.5 Å². The number of aromatic nitrogens is 1. The largest absolute Gasteiger partial charge is 0.490 e. The van der Waals surface area contributed by atoms with Crippen LogP contribution in [0, 0.1) is 13.7 Å². The van der Waals surface area contributed by atoms with E-state index in [0.29, 0.717) is 30.5 Å². The molecule has 0 unspecified atom stereocenters. The summed E-state index contributed by atoms with van der Waals surface area (Å²) >= 11 is 5.80. The molecule has 10 heteroatoms. The molecule has 0 saturated heterocycles. The third kappa shape index (κ3) is 6.62. The van der Waals surface area contributed by atoms with Crippen LogP contribution in [0.3, 0.4) is 0 Å². The van der Waals surface area contributed by atoms with Crippen LogP contribution in [0.4, 0.5) is 11.5 Å². The Morgan fingerprint density at radius 1 is 1.19 bits per heavy atom. The van der Waals surface area contributed by atoms with Crippen LogP contribution in [-0.4, -0.2) is 22.7 Å². The van der Waals surface area contributed by atoms with Crippen molar-refractivity contribution in [2.24, 2.45) is 5.10 Å². The molecule has 1 aromatic heterocycles. The predicted molar refractivity (Wildman–Crippen MR) is 131 cm³/mol. The summed E-state index contributed by atoms with van der Waals surface area (Å²) in [4.78, 5) is 14.1. The number of hydrazone groups is 1. The van der Waals surface area contributed by atoms with Gasteiger partial charge in [0.25, 0.3) is 5.69 Å². The second-order valence-corrected chi connectivity index (χ2v) is 8.30. The minimum atomic E-state index is -0.505. The molecule has 0 aliphatic heterocycles. The van der Waals surface area contributed by atoms with Gasteiger partial charge in [0, 0.05) is 19.7 Å². The highest BCUT2D eigenvalue weighted by Gasteiger charge is 2.11. The van der Waals surface area contributed by atoms with Gasteiger partial charge in [0.05, 0.1) is 17.7 Å². The van der Waals surface area contributed by atoms with E-state index in [0.717, 1.165) is 15.6 Å². The molecule has 0 fully saturated rings. The van der Waals surface area contributed by atoms with Gasteiger partial charge in [-0.15, -0.1) is 0 Å². The van der Waals surface area contributed by atoms with Crippen LogP contribution in [-0.2, 0) is 6.61 Å². The van der Waals surface area contributed by atoms with Crippen LogP contribution in [0.1, 0.15) is 18.1 Å². The SMILES string of the molecule is CCOc1cc(/C=N/Nc2ccc([N+](=O)[O-])cn2)c(Br)cc1OCc1ccc(I)cc1. The fourth-order valence-electron chi connectivity index (χ4n) is 2.50. The van der Waals surface area contributed by atoms with Gasteiger partial charge in [0.2, 0.25) is 0 Å². The van der Waals surface area contributed by atoms with Crippen molar-refractivity contribution in [3.05, 3.63) is 84.0 Å². The lowest BCUT2D eigenvalue weighted by atomic mass is 10.2. The summed E-state index contributed by atoms with van der Waals surface area (Å²) in [6, 6.07) is 14.6. The van der Waals surface area contributed by atoms with Crippen molar-refractivity contribution in [3.63, 3.8) is 0 Å². The van der Waals surface area contributed by atoms with E-state index in [1.54, 1.807) is 6.21 Å². The molecule has 0 saturated carbocycles. The predicted octanol–water partition coefficient (Wildman–Crippen LogP) is 5.78. The molecule has 1 N–H and O–H groups in total. The number of rotatable bonds is 9. The lowest BCUT2D eigenvalue weighted by Crippen LogP contribution is -2.01. The van der Waals surface area contributed by atoms with Gasteiger partial charge in [0.1, 0.15) is 18.6 Å². The van der Waals surface area contributed by atoms with Gasteiger partial charge < -0.3 is 9.47 Å². The Labute approximate surface area is 201 Å². The van der Waals surface area contributed by atoms with Crippen molar-refractivity contribution in [2.45, 2.75) is 13.5 Å². The maximum atomic E-state index is 10.7. The van der Waals surface area contributed by atoms with Gasteiger partial charge in [-0.3, -0.25) is 15.5 Å². The number of hydrogen-bond acceptors (Lipinski definition) is 7. The monoisotopic (exact) mass is 596 g/mol. The average molecular weight is 597 g/mol. The fraction of sp³-hybridized carbons (Fsp3) is 0.143. The zero-order chi connectivity index (χ0) is 22.2. The van der Waals surface area contributed by atoms with Gasteiger partial charge in [-0.1, -0.05) is 12.1 Å². The Hall–Kier alpha value is -2.73. The standard InChI is InChI=1S/C21H18BrIN4O4/c1-2-30-19-9-15(11-25-26-21-8-7-17(12-24-21)27(28)29)18(22)10-20(19)31-13-14-3-5-16(23)6-4-14/h3-12H,2,13H2,1H3,(H,24,26)/b25-11+. The van der Waals surface area contributed by atoms with Crippen LogP contribution in [0.2, 0.25) is 0 Å². The third-order valence-electron chi connectivity index (χ3n) is 4.01. The number of halogens is 2. The average Bonchev–Trinajstić information content (AvgIpc) is 2.76. The molecule has 8 nitrogen and oxygen atoms in total. The topological polar surface area (TPSA) is 98.9 Å². The van der Waals surface area contributed by atoms with Gasteiger partial charge in [0.15, 0.2) is 11.5 Å². The zero-order valence-corrected chi connectivity index (χ0v) is 20.2. The van der Waals surface area contributed by atoms with E-state index in [9.17, 15) is 10.1 Å². The lowest BCUT2D eigenvalue weighted by Gasteiger charge is -2.14. The van der Waals surface area contributed by atoms with Gasteiger partial charge in [-0.05, 0) is 81.3 Å². The molecule has 0 spiro atoms. The molecule has 3 rings (SSSR count). The number of nitrogens with one attached hydrogen (secondary N) is 1. The smallest absolute Gasteiger partial charge is 0.287 e. The summed E-state index contributed by atoms with van der Waals surface area (Å²) in [6.45, 7) is 2.81. The minimum absolute atomic E-state index is 0.0838. The van der Waals surface area contributed by atoms with Gasteiger partial charge >= 0.3 is 0 Å². The molecular formula is C21H18BrIN4O4. The summed E-state index contributed by atoms with van der Waals surface area (Å²) in [5, 5.41) is 14.8. The van der Waals surface area contributed by atoms with Crippen LogP contribution in [0.15, 0.2) is 64.3 Å². The maximum Gasteiger partial charge on any atom is 0.287 e. The number of ether oxygens (including phenoxy) is 2. The van der Waals surface area contributed by atoms with E-state index < -0.39 is 4.92 Å². The molecule has 0 atom stereocenters. The molecule has 0 bridgehead atoms. The number of anilines is 1. The maximum absolute atomic E-state index is 10.7. The summed E-state index contributed by atoms with van der Waals surface area (Å²) in [7, 11) is 0. The van der Waals surface area contributed by atoms with E-state index in [2.05, 4.69) is 54.0 Å². The molecular weight excluding hydrogens is 579 g/mol. The number of hydrogen-bond donors (Lipinski definition) is 1. The molecule has 160 valence electrons. The second kappa shape index (κ2) is 11.0. The van der Waals surface area contributed by atoms with E-state index in [4.69, 9.17) is 9.47 Å². The van der Waals surface area contributed by atoms with Gasteiger partial charge in [-0.2, -0.15) is 5.10 Å². The summed E-state index contributed by atoms with van der Waals surface area (Å²) in [5.74, 6) is 1.61. The first-order chi connectivity index (χ1) is 15.0. The molecule has 0 aliphatic rings. The first kappa shape index (κ1) is 22.9. The first-order valence-corrected chi connectivity index (χ1v) is 11.1. The van der Waals surface area contributed by atoms with Gasteiger partial charge in [-0.25, -0.2) is 4.98 Å². The highest BCUT2D eigenvalue weighted by Crippen LogP contribution is 2.34. The molecule has 0 radical (unpaired) electrons. The molecule has 0 amide bonds. The Balaban J connectivity index is 1.71. The fourth-order valence-corrected chi connectivity index (χ4v) is 3.29. The summed E-state index contributed by atoms with van der Waals surface area (Å²) < 4.78 is 13.6. The number of pyridine rings is 1. The van der Waals surface area contributed by atoms with E-state index >= 15 is 0 Å². The Morgan fingerprint density at radius 3 is 2.58 bits per heavy atom. The zero-order valence-electron chi connectivity index (χ0n) is 16.4. The second-order valence-electron chi connectivity index (χ2n) is 6.20. The molecule has 31 heavy (non-hydrogen) atoms. The normalized spacial score (nSPS) is 10.8. The van der Waals surface area contributed by atoms with Crippen molar-refractivity contribution >= 4 is 56.2 Å². The molecule has 3 aromatic rings. The molecule has 2 aromatic carbocycles. The van der Waals surface area contributed by atoms with Crippen LogP contribution >= 0.6 is 38.5 Å². The van der Waals surface area contributed by atoms with E-state index in [1.807, 2.05) is 43.3 Å². The first-order valence-electron chi connectivity index (χ1n) is 9.19. The Morgan fingerprint density at radius 2 is 1.94 bits per heavy atom. The van der Waals surface area contributed by atoms with Crippen molar-refractivity contribution in [1.29, 1.82) is 0 Å². The Bertz CT molecular complexity index is 1080. The van der Waals surface area contributed by atoms with Crippen molar-refractivity contribution < 1.29 is 14.4 Å². The van der Waals surface area contributed by atoms with Crippen LogP contribution in [0.25, 0.3) is 0 Å². The highest BCUT2D eigenvalue weighted by atomic mass is 127. The Kier molecular flexibility index (Phi) is 8.18. The highest BCUT2D eigenvalue weighted by molar-refractivity contribution is 14.1. The summed E-state index contributed by atoms with van der Waals surface area (Å²) in [5.41, 5.74) is 4.49. The lowest BCUT2D eigenvalue weighted by molar-refractivity contribution is -0.385. The molecule has 1 heterocycles. The van der Waals surface area contributed by atoms with Crippen LogP contribution < -0.4 is 14.9 Å². The van der Waals surface area contributed by atoms with E-state index in [1.165, 1.54) is 21.9 Å². The summed E-state index contributed by atoms with van der Waals surface area (Å²) in [6.07, 6.45) is 2.76. The van der Waals surface area contributed by atoms with E-state index in [-0.39, 0.29) is 5.69 Å². The van der Waals surface area contributed by atoms with Crippen molar-refractivity contribution in [1.82, 2.24) is 4.98 Å². The number of nitro groups is 1. The van der Waals surface area contributed by atoms with Crippen molar-refractivity contribution in [2.75, 3.05) is 12.0 Å². The van der Waals surface area contributed by atoms with Crippen molar-refractivity contribution in [3.8, 4) is 11.5 Å². The number of benzene rings is 2. The minimum Gasteiger partial charge on any atom is -0.490 e. The quantitative estimate of drug-likeness (QED) is 0.145. The third-order valence-corrected chi connectivity index (χ3v) is 5.42. The number of nitrogens with zero attached hydrogens (tertiary/aromatic N) is 3. The molecule has 0 aliphatic carbocycles.